The molecule has 7 heteroatoms. The van der Waals surface area contributed by atoms with Crippen LogP contribution >= 0.6 is 0 Å². The summed E-state index contributed by atoms with van der Waals surface area (Å²) in [5, 5.41) is 6.21. The molecule has 1 saturated heterocycles. The van der Waals surface area contributed by atoms with Gasteiger partial charge >= 0.3 is 0 Å². The molecule has 2 aromatic heterocycles. The van der Waals surface area contributed by atoms with E-state index in [4.69, 9.17) is 0 Å². The summed E-state index contributed by atoms with van der Waals surface area (Å²) in [7, 11) is 0. The Balaban J connectivity index is 1.69. The number of alkyl halides is 1. The number of pyridine rings is 1. The summed E-state index contributed by atoms with van der Waals surface area (Å²) in [5.41, 5.74) is 1.32. The molecule has 3 aromatic rings. The lowest BCUT2D eigenvalue weighted by molar-refractivity contribution is 0.137. The molecule has 1 unspecified atom stereocenters. The maximum absolute atomic E-state index is 14.9. The van der Waals surface area contributed by atoms with Crippen molar-refractivity contribution in [2.24, 2.45) is 0 Å². The molecule has 1 atom stereocenters. The molecule has 4 rings (SSSR count). The van der Waals surface area contributed by atoms with Crippen LogP contribution in [0.5, 0.6) is 0 Å². The number of halogens is 2. The number of anilines is 1. The molecule has 0 radical (unpaired) electrons. The van der Waals surface area contributed by atoms with E-state index < -0.39 is 5.67 Å². The highest BCUT2D eigenvalue weighted by molar-refractivity contribution is 5.88. The van der Waals surface area contributed by atoms with Crippen LogP contribution in [-0.4, -0.2) is 40.3 Å². The molecule has 1 aliphatic rings. The molecule has 5 nitrogen and oxygen atoms in total. The minimum Gasteiger partial charge on any atom is -0.365 e. The van der Waals surface area contributed by atoms with E-state index >= 15 is 0 Å². The van der Waals surface area contributed by atoms with Gasteiger partial charge in [0.05, 0.1) is 17.8 Å². The third-order valence-corrected chi connectivity index (χ3v) is 4.59. The lowest BCUT2D eigenvalue weighted by Gasteiger charge is -2.30. The second kappa shape index (κ2) is 6.92. The number of nitrogens with one attached hydrogen (secondary N) is 2. The van der Waals surface area contributed by atoms with Crippen LogP contribution in [0.3, 0.4) is 0 Å². The Morgan fingerprint density at radius 1 is 1.15 bits per heavy atom. The van der Waals surface area contributed by atoms with Crippen molar-refractivity contribution in [3.05, 3.63) is 48.5 Å². The van der Waals surface area contributed by atoms with Gasteiger partial charge in [-0.1, -0.05) is 0 Å². The second-order valence-electron chi connectivity index (χ2n) is 6.57. The number of hydrogen-bond acceptors (Lipinski definition) is 5. The number of fused-ring (bicyclic) bond motifs is 1. The molecule has 1 aliphatic heterocycles. The quantitative estimate of drug-likeness (QED) is 0.752. The maximum Gasteiger partial charge on any atom is 0.155 e. The van der Waals surface area contributed by atoms with Gasteiger partial charge in [0, 0.05) is 24.5 Å². The summed E-state index contributed by atoms with van der Waals surface area (Å²) in [6.45, 7) is 1.31. The lowest BCUT2D eigenvalue weighted by atomic mass is 9.96. The van der Waals surface area contributed by atoms with Crippen LogP contribution in [0.1, 0.15) is 12.8 Å². The fraction of sp³-hybridized carbons (Fsp3) is 0.316. The molecule has 134 valence electrons. The Labute approximate surface area is 149 Å². The van der Waals surface area contributed by atoms with Gasteiger partial charge in [-0.25, -0.2) is 18.7 Å². The summed E-state index contributed by atoms with van der Waals surface area (Å²) >= 11 is 0. The van der Waals surface area contributed by atoms with Gasteiger partial charge < -0.3 is 10.6 Å². The minimum atomic E-state index is -1.32. The molecule has 0 spiro atoms. The molecule has 0 bridgehead atoms. The Hall–Kier alpha value is -2.67. The molecule has 0 saturated carbocycles. The number of piperidine rings is 1. The summed E-state index contributed by atoms with van der Waals surface area (Å²) in [5.74, 6) is 0.175. The van der Waals surface area contributed by atoms with E-state index in [2.05, 4.69) is 25.6 Å². The highest BCUT2D eigenvalue weighted by atomic mass is 19.1. The zero-order valence-corrected chi connectivity index (χ0v) is 14.2. The van der Waals surface area contributed by atoms with Crippen molar-refractivity contribution in [1.29, 1.82) is 0 Å². The van der Waals surface area contributed by atoms with Crippen molar-refractivity contribution in [3.63, 3.8) is 0 Å². The average molecular weight is 355 g/mol. The van der Waals surface area contributed by atoms with Crippen molar-refractivity contribution in [3.8, 4) is 11.3 Å². The first-order valence-corrected chi connectivity index (χ1v) is 8.64. The third kappa shape index (κ3) is 3.48. The topological polar surface area (TPSA) is 62.7 Å². The van der Waals surface area contributed by atoms with E-state index in [0.29, 0.717) is 35.5 Å². The fourth-order valence-electron chi connectivity index (χ4n) is 3.19. The second-order valence-corrected chi connectivity index (χ2v) is 6.57. The normalized spacial score (nSPS) is 20.2. The summed E-state index contributed by atoms with van der Waals surface area (Å²) in [6, 6.07) is 7.88. The number of benzene rings is 1. The maximum atomic E-state index is 14.9. The minimum absolute atomic E-state index is 0.144. The molecule has 2 N–H and O–H groups in total. The highest BCUT2D eigenvalue weighted by Crippen LogP contribution is 2.27. The molecular formula is C19H19F2N5. The number of aromatic nitrogens is 3. The monoisotopic (exact) mass is 355 g/mol. The van der Waals surface area contributed by atoms with Gasteiger partial charge in [-0.2, -0.15) is 0 Å². The van der Waals surface area contributed by atoms with Gasteiger partial charge in [-0.15, -0.1) is 0 Å². The Morgan fingerprint density at radius 2 is 1.96 bits per heavy atom. The number of rotatable bonds is 4. The van der Waals surface area contributed by atoms with Gasteiger partial charge in [0.25, 0.3) is 0 Å². The Bertz CT molecular complexity index is 907. The van der Waals surface area contributed by atoms with E-state index in [1.165, 1.54) is 12.1 Å². The highest BCUT2D eigenvalue weighted by Gasteiger charge is 2.31. The Kier molecular flexibility index (Phi) is 4.46. The van der Waals surface area contributed by atoms with E-state index in [9.17, 15) is 8.78 Å². The van der Waals surface area contributed by atoms with Crippen molar-refractivity contribution in [1.82, 2.24) is 20.3 Å². The van der Waals surface area contributed by atoms with Gasteiger partial charge in [0.1, 0.15) is 17.0 Å². The van der Waals surface area contributed by atoms with Crippen LogP contribution in [0, 0.1) is 5.82 Å². The fourth-order valence-corrected chi connectivity index (χ4v) is 3.19. The zero-order chi connectivity index (χ0) is 18.0. The van der Waals surface area contributed by atoms with Crippen molar-refractivity contribution >= 4 is 16.9 Å². The van der Waals surface area contributed by atoms with Crippen molar-refractivity contribution in [2.75, 3.05) is 25.0 Å². The summed E-state index contributed by atoms with van der Waals surface area (Å²) < 4.78 is 28.1. The SMILES string of the molecule is Fc1ccc(-c2cc3nccnc3c(NCC3(F)CCCNC3)n2)cc1. The number of nitrogens with zero attached hydrogens (tertiary/aromatic N) is 3. The van der Waals surface area contributed by atoms with Crippen LogP contribution in [0.4, 0.5) is 14.6 Å². The standard InChI is InChI=1S/C19H19F2N5/c20-14-4-2-13(3-5-14)15-10-16-17(24-9-8-23-16)18(26-15)25-12-19(21)6-1-7-22-11-19/h2-5,8-10,22H,1,6-7,11-12H2,(H,25,26). The average Bonchev–Trinajstić information content (AvgIpc) is 2.67. The molecule has 1 fully saturated rings. The van der Waals surface area contributed by atoms with Gasteiger partial charge in [-0.3, -0.25) is 4.98 Å². The van der Waals surface area contributed by atoms with Crippen LogP contribution in [0.2, 0.25) is 0 Å². The van der Waals surface area contributed by atoms with Crippen molar-refractivity contribution in [2.45, 2.75) is 18.5 Å². The number of hydrogen-bond donors (Lipinski definition) is 2. The molecular weight excluding hydrogens is 336 g/mol. The lowest BCUT2D eigenvalue weighted by Crippen LogP contribution is -2.46. The molecule has 1 aromatic carbocycles. The largest absolute Gasteiger partial charge is 0.365 e. The summed E-state index contributed by atoms with van der Waals surface area (Å²) in [6.07, 6.45) is 4.50. The summed E-state index contributed by atoms with van der Waals surface area (Å²) in [4.78, 5) is 13.3. The van der Waals surface area contributed by atoms with Gasteiger partial charge in [0.2, 0.25) is 0 Å². The van der Waals surface area contributed by atoms with Crippen molar-refractivity contribution < 1.29 is 8.78 Å². The van der Waals surface area contributed by atoms with E-state index in [-0.39, 0.29) is 12.4 Å². The Morgan fingerprint density at radius 3 is 2.73 bits per heavy atom. The smallest absolute Gasteiger partial charge is 0.155 e. The molecule has 0 aliphatic carbocycles. The van der Waals surface area contributed by atoms with Crippen LogP contribution in [0.25, 0.3) is 22.3 Å². The predicted octanol–water partition coefficient (Wildman–Crippen LogP) is 3.33. The van der Waals surface area contributed by atoms with Crippen LogP contribution in [0.15, 0.2) is 42.7 Å². The van der Waals surface area contributed by atoms with E-state index in [1.54, 1.807) is 30.6 Å². The first-order chi connectivity index (χ1) is 12.6. The van der Waals surface area contributed by atoms with E-state index in [1.807, 2.05) is 0 Å². The molecule has 0 amide bonds. The van der Waals surface area contributed by atoms with Crippen LogP contribution < -0.4 is 10.6 Å². The molecule has 26 heavy (non-hydrogen) atoms. The third-order valence-electron chi connectivity index (χ3n) is 4.59. The van der Waals surface area contributed by atoms with Gasteiger partial charge in [0.15, 0.2) is 5.82 Å². The van der Waals surface area contributed by atoms with E-state index in [0.717, 1.165) is 18.5 Å². The predicted molar refractivity (Wildman–Crippen MR) is 97.2 cm³/mol. The van der Waals surface area contributed by atoms with Crippen LogP contribution in [-0.2, 0) is 0 Å². The molecule has 3 heterocycles. The zero-order valence-electron chi connectivity index (χ0n) is 14.2. The first kappa shape index (κ1) is 16.8. The first-order valence-electron chi connectivity index (χ1n) is 8.64. The van der Waals surface area contributed by atoms with Gasteiger partial charge in [-0.05, 0) is 49.7 Å².